The zero-order chi connectivity index (χ0) is 13.6. The lowest BCUT2D eigenvalue weighted by atomic mass is 10.1. The van der Waals surface area contributed by atoms with E-state index in [2.05, 4.69) is 67.9 Å². The van der Waals surface area contributed by atoms with Crippen molar-refractivity contribution in [2.45, 2.75) is 58.4 Å². The standard InChI is InChI=1S/C15H25BrOSi/c1-5-18(6-2,7-3)17-13(4)12-14-10-8-9-11-15(14)16/h8-11,13H,5-7,12H2,1-4H3. The summed E-state index contributed by atoms with van der Waals surface area (Å²) < 4.78 is 7.65. The highest BCUT2D eigenvalue weighted by Gasteiger charge is 2.30. The van der Waals surface area contributed by atoms with Gasteiger partial charge in [0.15, 0.2) is 8.32 Å². The fourth-order valence-corrected chi connectivity index (χ4v) is 5.83. The van der Waals surface area contributed by atoms with E-state index < -0.39 is 8.32 Å². The predicted octanol–water partition coefficient (Wildman–Crippen LogP) is 5.40. The highest BCUT2D eigenvalue weighted by molar-refractivity contribution is 9.10. The Bertz CT molecular complexity index is 355. The Morgan fingerprint density at radius 2 is 1.67 bits per heavy atom. The van der Waals surface area contributed by atoms with E-state index in [1.165, 1.54) is 28.2 Å². The lowest BCUT2D eigenvalue weighted by molar-refractivity contribution is 0.206. The van der Waals surface area contributed by atoms with Crippen LogP contribution >= 0.6 is 15.9 Å². The molecule has 1 aromatic carbocycles. The summed E-state index contributed by atoms with van der Waals surface area (Å²) in [6.07, 6.45) is 1.31. The minimum atomic E-state index is -1.47. The molecular formula is C15H25BrOSi. The molecule has 0 saturated carbocycles. The van der Waals surface area contributed by atoms with Crippen LogP contribution < -0.4 is 0 Å². The summed E-state index contributed by atoms with van der Waals surface area (Å²) in [5.74, 6) is 0. The van der Waals surface area contributed by atoms with Gasteiger partial charge in [0.25, 0.3) is 0 Å². The zero-order valence-corrected chi connectivity index (χ0v) is 14.6. The zero-order valence-electron chi connectivity index (χ0n) is 12.0. The molecule has 1 aromatic rings. The highest BCUT2D eigenvalue weighted by atomic mass is 79.9. The minimum Gasteiger partial charge on any atom is -0.414 e. The summed E-state index contributed by atoms with van der Waals surface area (Å²) >= 11 is 3.61. The molecule has 0 aliphatic carbocycles. The summed E-state index contributed by atoms with van der Waals surface area (Å²) in [5, 5.41) is 0. The molecule has 0 radical (unpaired) electrons. The molecule has 0 N–H and O–H groups in total. The van der Waals surface area contributed by atoms with Gasteiger partial charge in [-0.15, -0.1) is 0 Å². The third kappa shape index (κ3) is 4.21. The smallest absolute Gasteiger partial charge is 0.192 e. The van der Waals surface area contributed by atoms with E-state index in [4.69, 9.17) is 4.43 Å². The third-order valence-electron chi connectivity index (χ3n) is 3.85. The second kappa shape index (κ2) is 7.46. The first-order chi connectivity index (χ1) is 8.56. The van der Waals surface area contributed by atoms with Gasteiger partial charge >= 0.3 is 0 Å². The summed E-state index contributed by atoms with van der Waals surface area (Å²) in [5.41, 5.74) is 1.34. The minimum absolute atomic E-state index is 0.315. The third-order valence-corrected chi connectivity index (χ3v) is 9.39. The lowest BCUT2D eigenvalue weighted by Gasteiger charge is -2.32. The molecule has 0 heterocycles. The van der Waals surface area contributed by atoms with Gasteiger partial charge in [0.1, 0.15) is 0 Å². The quantitative estimate of drug-likeness (QED) is 0.608. The van der Waals surface area contributed by atoms with E-state index in [9.17, 15) is 0 Å². The van der Waals surface area contributed by atoms with Crippen molar-refractivity contribution in [3.8, 4) is 0 Å². The van der Waals surface area contributed by atoms with E-state index in [1.54, 1.807) is 0 Å². The van der Waals surface area contributed by atoms with Gasteiger partial charge in [0, 0.05) is 10.6 Å². The first-order valence-corrected chi connectivity index (χ1v) is 10.3. The Hall–Kier alpha value is -0.123. The van der Waals surface area contributed by atoms with Crippen molar-refractivity contribution in [1.29, 1.82) is 0 Å². The van der Waals surface area contributed by atoms with Gasteiger partial charge in [-0.3, -0.25) is 0 Å². The molecule has 1 rings (SSSR count). The van der Waals surface area contributed by atoms with Crippen molar-refractivity contribution >= 4 is 24.2 Å². The van der Waals surface area contributed by atoms with E-state index in [1.807, 2.05) is 0 Å². The summed E-state index contributed by atoms with van der Waals surface area (Å²) in [7, 11) is -1.47. The number of hydrogen-bond acceptors (Lipinski definition) is 1. The van der Waals surface area contributed by atoms with E-state index in [0.29, 0.717) is 6.10 Å². The fraction of sp³-hybridized carbons (Fsp3) is 0.600. The summed E-state index contributed by atoms with van der Waals surface area (Å²) in [4.78, 5) is 0. The van der Waals surface area contributed by atoms with Crippen LogP contribution in [0.15, 0.2) is 28.7 Å². The van der Waals surface area contributed by atoms with Crippen LogP contribution in [0.4, 0.5) is 0 Å². The molecule has 0 bridgehead atoms. The van der Waals surface area contributed by atoms with Gasteiger partial charge in [-0.05, 0) is 43.1 Å². The first-order valence-electron chi connectivity index (χ1n) is 6.98. The average Bonchev–Trinajstić information content (AvgIpc) is 2.39. The molecule has 0 aliphatic rings. The van der Waals surface area contributed by atoms with Crippen LogP contribution in [0, 0.1) is 0 Å². The number of hydrogen-bond donors (Lipinski definition) is 0. The normalized spacial score (nSPS) is 13.6. The molecule has 1 nitrogen and oxygen atoms in total. The van der Waals surface area contributed by atoms with Crippen molar-refractivity contribution in [1.82, 2.24) is 0 Å². The van der Waals surface area contributed by atoms with Gasteiger partial charge in [0.05, 0.1) is 0 Å². The van der Waals surface area contributed by atoms with Gasteiger partial charge < -0.3 is 4.43 Å². The molecule has 0 spiro atoms. The average molecular weight is 329 g/mol. The predicted molar refractivity (Wildman–Crippen MR) is 85.6 cm³/mol. The van der Waals surface area contributed by atoms with Gasteiger partial charge in [0.2, 0.25) is 0 Å². The summed E-state index contributed by atoms with van der Waals surface area (Å²) in [6.45, 7) is 9.06. The number of rotatable bonds is 7. The van der Waals surface area contributed by atoms with Crippen LogP contribution in [0.2, 0.25) is 18.1 Å². The fourth-order valence-electron chi connectivity index (χ4n) is 2.44. The molecular weight excluding hydrogens is 304 g/mol. The van der Waals surface area contributed by atoms with Crippen LogP contribution in [-0.4, -0.2) is 14.4 Å². The highest BCUT2D eigenvalue weighted by Crippen LogP contribution is 2.25. The molecule has 0 amide bonds. The monoisotopic (exact) mass is 328 g/mol. The van der Waals surface area contributed by atoms with Gasteiger partial charge in [-0.2, -0.15) is 0 Å². The van der Waals surface area contributed by atoms with Gasteiger partial charge in [-0.25, -0.2) is 0 Å². The maximum Gasteiger partial charge on any atom is 0.192 e. The number of benzene rings is 1. The molecule has 0 fully saturated rings. The molecule has 0 aromatic heterocycles. The molecule has 1 atom stereocenters. The Kier molecular flexibility index (Phi) is 6.61. The van der Waals surface area contributed by atoms with Crippen LogP contribution in [0.5, 0.6) is 0 Å². The second-order valence-electron chi connectivity index (χ2n) is 4.97. The topological polar surface area (TPSA) is 9.23 Å². The molecule has 102 valence electrons. The van der Waals surface area contributed by atoms with Crippen molar-refractivity contribution in [2.75, 3.05) is 0 Å². The van der Waals surface area contributed by atoms with Crippen LogP contribution in [0.3, 0.4) is 0 Å². The van der Waals surface area contributed by atoms with E-state index in [0.717, 1.165) is 6.42 Å². The van der Waals surface area contributed by atoms with Crippen molar-refractivity contribution in [2.24, 2.45) is 0 Å². The van der Waals surface area contributed by atoms with Crippen molar-refractivity contribution < 1.29 is 4.43 Å². The second-order valence-corrected chi connectivity index (χ2v) is 10.5. The van der Waals surface area contributed by atoms with E-state index >= 15 is 0 Å². The Morgan fingerprint density at radius 1 is 1.11 bits per heavy atom. The maximum atomic E-state index is 6.46. The molecule has 18 heavy (non-hydrogen) atoms. The van der Waals surface area contributed by atoms with Crippen molar-refractivity contribution in [3.63, 3.8) is 0 Å². The molecule has 1 unspecified atom stereocenters. The molecule has 3 heteroatoms. The number of halogens is 1. The van der Waals surface area contributed by atoms with Gasteiger partial charge in [-0.1, -0.05) is 54.9 Å². The Morgan fingerprint density at radius 3 is 2.17 bits per heavy atom. The Balaban J connectivity index is 2.66. The van der Waals surface area contributed by atoms with Crippen molar-refractivity contribution in [3.05, 3.63) is 34.3 Å². The van der Waals surface area contributed by atoms with Crippen LogP contribution in [-0.2, 0) is 10.8 Å². The maximum absolute atomic E-state index is 6.46. The largest absolute Gasteiger partial charge is 0.414 e. The SMILES string of the molecule is CC[Si](CC)(CC)OC(C)Cc1ccccc1Br. The molecule has 0 saturated heterocycles. The summed E-state index contributed by atoms with van der Waals surface area (Å²) in [6, 6.07) is 12.1. The van der Waals surface area contributed by atoms with Crippen LogP contribution in [0.25, 0.3) is 0 Å². The Labute approximate surface area is 121 Å². The lowest BCUT2D eigenvalue weighted by Crippen LogP contribution is -2.39. The van der Waals surface area contributed by atoms with Crippen LogP contribution in [0.1, 0.15) is 33.3 Å². The van der Waals surface area contributed by atoms with E-state index in [-0.39, 0.29) is 0 Å². The first kappa shape index (κ1) is 15.9. The molecule has 0 aliphatic heterocycles.